The molecule has 0 bridgehead atoms. The van der Waals surface area contributed by atoms with Gasteiger partial charge in [0.2, 0.25) is 0 Å². The Morgan fingerprint density at radius 3 is 2.74 bits per heavy atom. The number of hydrogen-bond acceptors (Lipinski definition) is 3. The summed E-state index contributed by atoms with van der Waals surface area (Å²) in [6, 6.07) is 3.19. The summed E-state index contributed by atoms with van der Waals surface area (Å²) in [6.07, 6.45) is -2.14. The second-order valence-electron chi connectivity index (χ2n) is 5.90. The minimum absolute atomic E-state index is 0.0865. The Hall–Kier alpha value is -1.99. The fourth-order valence-corrected chi connectivity index (χ4v) is 2.50. The van der Waals surface area contributed by atoms with Crippen molar-refractivity contribution in [3.8, 4) is 0 Å². The van der Waals surface area contributed by atoms with Crippen molar-refractivity contribution in [2.24, 2.45) is 5.92 Å². The zero-order valence-corrected chi connectivity index (χ0v) is 13.2. The third-order valence-electron chi connectivity index (χ3n) is 3.88. The van der Waals surface area contributed by atoms with Gasteiger partial charge in [0.25, 0.3) is 0 Å². The number of rotatable bonds is 3. The lowest BCUT2D eigenvalue weighted by molar-refractivity contribution is -0.184. The number of alkyl halides is 3. The molecule has 1 atom stereocenters. The van der Waals surface area contributed by atoms with E-state index in [2.05, 4.69) is 10.3 Å². The van der Waals surface area contributed by atoms with Crippen molar-refractivity contribution in [3.05, 3.63) is 23.9 Å². The normalized spacial score (nSPS) is 18.7. The molecule has 2 rings (SSSR count). The Labute approximate surface area is 133 Å². The maximum atomic E-state index is 12.8. The standard InChI is InChI=1S/C15H21F3N4O/c1-21(2)13-6-5-11(8-19-13)9-20-14(23)22-7-3-4-12(10-22)15(16,17)18/h5-6,8,12H,3-4,7,9-10H2,1-2H3,(H,20,23)/t12-/m1/s1. The van der Waals surface area contributed by atoms with E-state index in [0.29, 0.717) is 13.0 Å². The van der Waals surface area contributed by atoms with Crippen LogP contribution in [0.4, 0.5) is 23.8 Å². The summed E-state index contributed by atoms with van der Waals surface area (Å²) in [7, 11) is 3.74. The first-order chi connectivity index (χ1) is 10.8. The number of nitrogens with zero attached hydrogens (tertiary/aromatic N) is 3. The van der Waals surface area contributed by atoms with Crippen molar-refractivity contribution in [1.29, 1.82) is 0 Å². The van der Waals surface area contributed by atoms with E-state index in [4.69, 9.17) is 0 Å². The number of hydrogen-bond donors (Lipinski definition) is 1. The lowest BCUT2D eigenvalue weighted by Crippen LogP contribution is -2.48. The Kier molecular flexibility index (Phi) is 5.33. The molecule has 1 aromatic rings. The number of amides is 2. The van der Waals surface area contributed by atoms with Gasteiger partial charge in [-0.3, -0.25) is 0 Å². The van der Waals surface area contributed by atoms with Crippen LogP contribution in [0.2, 0.25) is 0 Å². The summed E-state index contributed by atoms with van der Waals surface area (Å²) in [5.74, 6) is -0.632. The van der Waals surface area contributed by atoms with Gasteiger partial charge in [0, 0.05) is 39.9 Å². The molecule has 1 saturated heterocycles. The van der Waals surface area contributed by atoms with Gasteiger partial charge >= 0.3 is 12.2 Å². The molecule has 0 aromatic carbocycles. The van der Waals surface area contributed by atoms with Crippen LogP contribution >= 0.6 is 0 Å². The number of urea groups is 1. The molecule has 2 amide bonds. The van der Waals surface area contributed by atoms with Crippen LogP contribution in [0.5, 0.6) is 0 Å². The fourth-order valence-electron chi connectivity index (χ4n) is 2.50. The van der Waals surface area contributed by atoms with Crippen molar-refractivity contribution < 1.29 is 18.0 Å². The Morgan fingerprint density at radius 2 is 2.17 bits per heavy atom. The first-order valence-corrected chi connectivity index (χ1v) is 7.49. The van der Waals surface area contributed by atoms with Crippen LogP contribution in [0.15, 0.2) is 18.3 Å². The first kappa shape index (κ1) is 17.4. The van der Waals surface area contributed by atoms with Crippen LogP contribution in [0.25, 0.3) is 0 Å². The molecule has 0 saturated carbocycles. The number of likely N-dealkylation sites (tertiary alicyclic amines) is 1. The largest absolute Gasteiger partial charge is 0.393 e. The predicted octanol–water partition coefficient (Wildman–Crippen LogP) is 2.63. The van der Waals surface area contributed by atoms with Crippen LogP contribution in [0.1, 0.15) is 18.4 Å². The van der Waals surface area contributed by atoms with Crippen molar-refractivity contribution in [3.63, 3.8) is 0 Å². The summed E-state index contributed by atoms with van der Waals surface area (Å²) < 4.78 is 38.3. The van der Waals surface area contributed by atoms with E-state index < -0.39 is 18.1 Å². The Morgan fingerprint density at radius 1 is 1.43 bits per heavy atom. The van der Waals surface area contributed by atoms with Gasteiger partial charge in [-0.25, -0.2) is 9.78 Å². The number of piperidine rings is 1. The van der Waals surface area contributed by atoms with Gasteiger partial charge in [-0.05, 0) is 24.5 Å². The maximum Gasteiger partial charge on any atom is 0.393 e. The molecule has 2 heterocycles. The number of nitrogens with one attached hydrogen (secondary N) is 1. The van der Waals surface area contributed by atoms with Crippen LogP contribution in [-0.2, 0) is 6.54 Å². The maximum absolute atomic E-state index is 12.8. The number of aromatic nitrogens is 1. The van der Waals surface area contributed by atoms with Crippen LogP contribution < -0.4 is 10.2 Å². The molecule has 0 radical (unpaired) electrons. The van der Waals surface area contributed by atoms with Crippen molar-refractivity contribution in [2.75, 3.05) is 32.1 Å². The van der Waals surface area contributed by atoms with Gasteiger partial charge in [0.15, 0.2) is 0 Å². The molecule has 1 aliphatic rings. The molecule has 5 nitrogen and oxygen atoms in total. The van der Waals surface area contributed by atoms with E-state index in [9.17, 15) is 18.0 Å². The Bertz CT molecular complexity index is 531. The molecule has 23 heavy (non-hydrogen) atoms. The molecule has 8 heteroatoms. The highest BCUT2D eigenvalue weighted by atomic mass is 19.4. The van der Waals surface area contributed by atoms with E-state index in [-0.39, 0.29) is 19.5 Å². The lowest BCUT2D eigenvalue weighted by Gasteiger charge is -2.33. The van der Waals surface area contributed by atoms with Gasteiger partial charge in [0.1, 0.15) is 5.82 Å². The Balaban J connectivity index is 1.86. The number of pyridine rings is 1. The zero-order valence-electron chi connectivity index (χ0n) is 13.2. The molecule has 1 fully saturated rings. The number of halogens is 3. The van der Waals surface area contributed by atoms with Gasteiger partial charge in [0.05, 0.1) is 5.92 Å². The summed E-state index contributed by atoms with van der Waals surface area (Å²) in [5, 5.41) is 2.66. The van der Waals surface area contributed by atoms with Crippen LogP contribution in [0.3, 0.4) is 0 Å². The highest BCUT2D eigenvalue weighted by Gasteiger charge is 2.42. The molecular weight excluding hydrogens is 309 g/mol. The molecule has 0 unspecified atom stereocenters. The van der Waals surface area contributed by atoms with Crippen molar-refractivity contribution in [1.82, 2.24) is 15.2 Å². The molecule has 1 N–H and O–H groups in total. The molecule has 128 valence electrons. The smallest absolute Gasteiger partial charge is 0.363 e. The van der Waals surface area contributed by atoms with Gasteiger partial charge in [-0.2, -0.15) is 13.2 Å². The SMILES string of the molecule is CN(C)c1ccc(CNC(=O)N2CCC[C@@H](C(F)(F)F)C2)cn1. The highest BCUT2D eigenvalue weighted by Crippen LogP contribution is 2.33. The van der Waals surface area contributed by atoms with Crippen molar-refractivity contribution in [2.45, 2.75) is 25.6 Å². The minimum Gasteiger partial charge on any atom is -0.363 e. The number of carbonyl (C=O) groups is 1. The van der Waals surface area contributed by atoms with Crippen molar-refractivity contribution >= 4 is 11.8 Å². The lowest BCUT2D eigenvalue weighted by atomic mass is 9.98. The predicted molar refractivity (Wildman–Crippen MR) is 81.2 cm³/mol. The zero-order chi connectivity index (χ0) is 17.0. The first-order valence-electron chi connectivity index (χ1n) is 7.49. The average molecular weight is 330 g/mol. The van der Waals surface area contributed by atoms with Gasteiger partial charge in [-0.15, -0.1) is 0 Å². The summed E-state index contributed by atoms with van der Waals surface area (Å²) in [6.45, 7) is 0.329. The second kappa shape index (κ2) is 7.06. The average Bonchev–Trinajstić information content (AvgIpc) is 2.52. The van der Waals surface area contributed by atoms with E-state index in [1.54, 1.807) is 6.20 Å². The summed E-state index contributed by atoms with van der Waals surface area (Å²) in [4.78, 5) is 19.4. The molecular formula is C15H21F3N4O. The van der Waals surface area contributed by atoms with Crippen LogP contribution in [0, 0.1) is 5.92 Å². The van der Waals surface area contributed by atoms with E-state index in [1.165, 1.54) is 4.90 Å². The summed E-state index contributed by atoms with van der Waals surface area (Å²) in [5.41, 5.74) is 0.799. The topological polar surface area (TPSA) is 48.5 Å². The molecule has 0 aliphatic carbocycles. The van der Waals surface area contributed by atoms with Gasteiger partial charge in [-0.1, -0.05) is 6.07 Å². The minimum atomic E-state index is -4.25. The molecule has 1 aliphatic heterocycles. The monoisotopic (exact) mass is 330 g/mol. The highest BCUT2D eigenvalue weighted by molar-refractivity contribution is 5.74. The second-order valence-corrected chi connectivity index (χ2v) is 5.90. The summed E-state index contributed by atoms with van der Waals surface area (Å²) >= 11 is 0. The number of carbonyl (C=O) groups excluding carboxylic acids is 1. The van der Waals surface area contributed by atoms with E-state index in [0.717, 1.165) is 11.4 Å². The quantitative estimate of drug-likeness (QED) is 0.927. The van der Waals surface area contributed by atoms with E-state index in [1.807, 2.05) is 31.1 Å². The number of anilines is 1. The van der Waals surface area contributed by atoms with E-state index >= 15 is 0 Å². The third-order valence-corrected chi connectivity index (χ3v) is 3.88. The third kappa shape index (κ3) is 4.74. The van der Waals surface area contributed by atoms with Crippen LogP contribution in [-0.4, -0.2) is 49.3 Å². The van der Waals surface area contributed by atoms with Gasteiger partial charge < -0.3 is 15.1 Å². The fraction of sp³-hybridized carbons (Fsp3) is 0.600. The molecule has 1 aromatic heterocycles. The molecule has 0 spiro atoms.